The highest BCUT2D eigenvalue weighted by atomic mass is 35.5. The van der Waals surface area contributed by atoms with Gasteiger partial charge in [-0.2, -0.15) is 0 Å². The maximum atomic E-state index is 10.9. The standard InChI is InChI=1S/C12H16ClNO3/c1-6-4-8(13)5-9(11(6)17-3)10(14)7(2)12(15)16/h4-5,7,10H,14H2,1-3H3,(H,15,16). The molecule has 5 heteroatoms. The third kappa shape index (κ3) is 2.90. The van der Waals surface area contributed by atoms with Crippen molar-refractivity contribution in [2.75, 3.05) is 7.11 Å². The van der Waals surface area contributed by atoms with Crippen LogP contribution in [-0.2, 0) is 4.79 Å². The number of methoxy groups -OCH3 is 1. The average molecular weight is 258 g/mol. The zero-order valence-electron chi connectivity index (χ0n) is 10.0. The minimum absolute atomic E-state index is 0.520. The summed E-state index contributed by atoms with van der Waals surface area (Å²) in [6.45, 7) is 3.40. The van der Waals surface area contributed by atoms with E-state index in [-0.39, 0.29) is 0 Å². The van der Waals surface area contributed by atoms with E-state index in [2.05, 4.69) is 0 Å². The normalized spacial score (nSPS) is 14.2. The minimum atomic E-state index is -0.947. The molecule has 0 aliphatic heterocycles. The summed E-state index contributed by atoms with van der Waals surface area (Å²) in [5, 5.41) is 9.48. The Morgan fingerprint density at radius 1 is 1.53 bits per heavy atom. The van der Waals surface area contributed by atoms with Gasteiger partial charge in [0.15, 0.2) is 0 Å². The van der Waals surface area contributed by atoms with E-state index in [1.54, 1.807) is 19.1 Å². The van der Waals surface area contributed by atoms with Crippen LogP contribution in [-0.4, -0.2) is 18.2 Å². The van der Waals surface area contributed by atoms with Gasteiger partial charge in [0.1, 0.15) is 5.75 Å². The van der Waals surface area contributed by atoms with Gasteiger partial charge in [-0.05, 0) is 24.6 Å². The van der Waals surface area contributed by atoms with Crippen LogP contribution in [0.4, 0.5) is 0 Å². The second-order valence-electron chi connectivity index (χ2n) is 4.00. The summed E-state index contributed by atoms with van der Waals surface area (Å²) in [4.78, 5) is 10.9. The van der Waals surface area contributed by atoms with Crippen molar-refractivity contribution in [3.05, 3.63) is 28.3 Å². The Morgan fingerprint density at radius 3 is 2.59 bits per heavy atom. The molecule has 2 atom stereocenters. The van der Waals surface area contributed by atoms with Crippen molar-refractivity contribution in [2.45, 2.75) is 19.9 Å². The van der Waals surface area contributed by atoms with E-state index in [1.807, 2.05) is 6.92 Å². The molecule has 0 aliphatic rings. The number of carboxylic acid groups (broad SMARTS) is 1. The van der Waals surface area contributed by atoms with Gasteiger partial charge in [0, 0.05) is 16.6 Å². The summed E-state index contributed by atoms with van der Waals surface area (Å²) in [6.07, 6.45) is 0. The maximum Gasteiger partial charge on any atom is 0.308 e. The molecule has 3 N–H and O–H groups in total. The highest BCUT2D eigenvalue weighted by Crippen LogP contribution is 2.34. The quantitative estimate of drug-likeness (QED) is 0.869. The minimum Gasteiger partial charge on any atom is -0.496 e. The van der Waals surface area contributed by atoms with Gasteiger partial charge in [-0.25, -0.2) is 0 Å². The van der Waals surface area contributed by atoms with E-state index < -0.39 is 17.9 Å². The lowest BCUT2D eigenvalue weighted by Gasteiger charge is -2.20. The van der Waals surface area contributed by atoms with E-state index in [0.717, 1.165) is 5.56 Å². The van der Waals surface area contributed by atoms with Gasteiger partial charge >= 0.3 is 5.97 Å². The highest BCUT2D eigenvalue weighted by Gasteiger charge is 2.25. The van der Waals surface area contributed by atoms with Gasteiger partial charge in [0.25, 0.3) is 0 Å². The summed E-state index contributed by atoms with van der Waals surface area (Å²) < 4.78 is 5.25. The Morgan fingerprint density at radius 2 is 2.12 bits per heavy atom. The molecule has 0 amide bonds. The number of nitrogens with two attached hydrogens (primary N) is 1. The van der Waals surface area contributed by atoms with E-state index >= 15 is 0 Å². The van der Waals surface area contributed by atoms with Crippen LogP contribution >= 0.6 is 11.6 Å². The van der Waals surface area contributed by atoms with Gasteiger partial charge in [0.05, 0.1) is 13.0 Å². The lowest BCUT2D eigenvalue weighted by Crippen LogP contribution is -2.26. The summed E-state index contributed by atoms with van der Waals surface area (Å²) in [6, 6.07) is 2.75. The number of aliphatic carboxylic acids is 1. The number of aryl methyl sites for hydroxylation is 1. The third-order valence-electron chi connectivity index (χ3n) is 2.76. The van der Waals surface area contributed by atoms with Crippen LogP contribution in [0.1, 0.15) is 24.1 Å². The van der Waals surface area contributed by atoms with E-state index in [0.29, 0.717) is 16.3 Å². The topological polar surface area (TPSA) is 72.5 Å². The number of benzene rings is 1. The molecule has 1 aromatic rings. The number of hydrogen-bond acceptors (Lipinski definition) is 3. The Bertz CT molecular complexity index is 434. The smallest absolute Gasteiger partial charge is 0.308 e. The number of rotatable bonds is 4. The highest BCUT2D eigenvalue weighted by molar-refractivity contribution is 6.30. The first-order valence-electron chi connectivity index (χ1n) is 5.21. The predicted molar refractivity (Wildman–Crippen MR) is 66.5 cm³/mol. The average Bonchev–Trinajstić information content (AvgIpc) is 2.25. The van der Waals surface area contributed by atoms with Crippen LogP contribution in [0.5, 0.6) is 5.75 Å². The molecule has 0 fully saturated rings. The van der Waals surface area contributed by atoms with Crippen molar-refractivity contribution >= 4 is 17.6 Å². The first-order valence-corrected chi connectivity index (χ1v) is 5.58. The zero-order valence-corrected chi connectivity index (χ0v) is 10.8. The van der Waals surface area contributed by atoms with Gasteiger partial charge in [-0.15, -0.1) is 0 Å². The Labute approximate surface area is 105 Å². The van der Waals surface area contributed by atoms with E-state index in [4.69, 9.17) is 27.2 Å². The summed E-state index contributed by atoms with van der Waals surface area (Å²) in [5.41, 5.74) is 7.39. The van der Waals surface area contributed by atoms with Crippen molar-refractivity contribution in [1.82, 2.24) is 0 Å². The van der Waals surface area contributed by atoms with E-state index in [1.165, 1.54) is 7.11 Å². The van der Waals surface area contributed by atoms with Crippen LogP contribution in [0.2, 0.25) is 5.02 Å². The van der Waals surface area contributed by atoms with Crippen LogP contribution in [0.15, 0.2) is 12.1 Å². The summed E-state index contributed by atoms with van der Waals surface area (Å²) in [5.74, 6) is -1.06. The summed E-state index contributed by atoms with van der Waals surface area (Å²) >= 11 is 5.95. The molecule has 0 saturated heterocycles. The van der Waals surface area contributed by atoms with E-state index in [9.17, 15) is 4.79 Å². The van der Waals surface area contributed by atoms with Crippen LogP contribution < -0.4 is 10.5 Å². The zero-order chi connectivity index (χ0) is 13.2. The fraction of sp³-hybridized carbons (Fsp3) is 0.417. The number of carbonyl (C=O) groups is 1. The molecule has 0 heterocycles. The molecule has 0 saturated carbocycles. The van der Waals surface area contributed by atoms with Gasteiger partial charge < -0.3 is 15.6 Å². The number of halogens is 1. The molecular formula is C12H16ClNO3. The van der Waals surface area contributed by atoms with Crippen molar-refractivity contribution in [2.24, 2.45) is 11.7 Å². The van der Waals surface area contributed by atoms with Crippen LogP contribution in [0.25, 0.3) is 0 Å². The van der Waals surface area contributed by atoms with Gasteiger partial charge in [-0.1, -0.05) is 18.5 Å². The molecule has 17 heavy (non-hydrogen) atoms. The predicted octanol–water partition coefficient (Wildman–Crippen LogP) is 2.38. The Balaban J connectivity index is 3.24. The molecule has 1 rings (SSSR count). The first kappa shape index (κ1) is 13.8. The van der Waals surface area contributed by atoms with Crippen molar-refractivity contribution in [3.8, 4) is 5.75 Å². The molecule has 2 unspecified atom stereocenters. The monoisotopic (exact) mass is 257 g/mol. The molecule has 0 radical (unpaired) electrons. The maximum absolute atomic E-state index is 10.9. The third-order valence-corrected chi connectivity index (χ3v) is 2.98. The second kappa shape index (κ2) is 5.38. The molecular weight excluding hydrogens is 242 g/mol. The van der Waals surface area contributed by atoms with Gasteiger partial charge in [-0.3, -0.25) is 4.79 Å². The largest absolute Gasteiger partial charge is 0.496 e. The van der Waals surface area contributed by atoms with Crippen LogP contribution in [0, 0.1) is 12.8 Å². The van der Waals surface area contributed by atoms with Crippen molar-refractivity contribution in [3.63, 3.8) is 0 Å². The van der Waals surface area contributed by atoms with Crippen LogP contribution in [0.3, 0.4) is 0 Å². The number of carboxylic acids is 1. The molecule has 0 spiro atoms. The molecule has 0 aromatic heterocycles. The Kier molecular flexibility index (Phi) is 4.37. The SMILES string of the molecule is COc1c(C)cc(Cl)cc1C(N)C(C)C(=O)O. The lowest BCUT2D eigenvalue weighted by atomic mass is 9.93. The second-order valence-corrected chi connectivity index (χ2v) is 4.43. The first-order chi connectivity index (χ1) is 7.88. The summed E-state index contributed by atoms with van der Waals surface area (Å²) in [7, 11) is 1.53. The Hall–Kier alpha value is -1.26. The lowest BCUT2D eigenvalue weighted by molar-refractivity contribution is -0.141. The van der Waals surface area contributed by atoms with Crippen molar-refractivity contribution < 1.29 is 14.6 Å². The molecule has 0 aliphatic carbocycles. The molecule has 4 nitrogen and oxygen atoms in total. The van der Waals surface area contributed by atoms with Crippen molar-refractivity contribution in [1.29, 1.82) is 0 Å². The fourth-order valence-electron chi connectivity index (χ4n) is 1.71. The number of ether oxygens (including phenoxy) is 1. The number of hydrogen-bond donors (Lipinski definition) is 2. The molecule has 94 valence electrons. The molecule has 1 aromatic carbocycles. The van der Waals surface area contributed by atoms with Gasteiger partial charge in [0.2, 0.25) is 0 Å². The fourth-order valence-corrected chi connectivity index (χ4v) is 1.99. The molecule has 0 bridgehead atoms.